The first-order chi connectivity index (χ1) is 15.8. The number of benzene rings is 2. The van der Waals surface area contributed by atoms with Gasteiger partial charge in [-0.2, -0.15) is 0 Å². The number of anilines is 2. The number of amides is 1. The number of aliphatic hydroxyl groups is 1. The summed E-state index contributed by atoms with van der Waals surface area (Å²) in [6.07, 6.45) is 1.35. The molecule has 1 unspecified atom stereocenters. The van der Waals surface area contributed by atoms with Gasteiger partial charge in [0.25, 0.3) is 5.91 Å². The molecule has 1 amide bonds. The molecule has 0 saturated carbocycles. The Morgan fingerprint density at radius 3 is 2.61 bits per heavy atom. The number of ketones is 1. The van der Waals surface area contributed by atoms with Crippen molar-refractivity contribution in [2.45, 2.75) is 6.04 Å². The van der Waals surface area contributed by atoms with Crippen LogP contribution >= 0.6 is 11.3 Å². The van der Waals surface area contributed by atoms with Crippen LogP contribution < -0.4 is 9.80 Å². The second kappa shape index (κ2) is 7.86. The average molecular weight is 463 g/mol. The van der Waals surface area contributed by atoms with Gasteiger partial charge in [0.05, 0.1) is 28.1 Å². The van der Waals surface area contributed by atoms with Crippen LogP contribution in [0.25, 0.3) is 10.2 Å². The average Bonchev–Trinajstić information content (AvgIpc) is 3.52. The smallest absolute Gasteiger partial charge is 0.296 e. The molecule has 2 aromatic heterocycles. The van der Waals surface area contributed by atoms with Gasteiger partial charge in [0, 0.05) is 19.8 Å². The Labute approximate surface area is 192 Å². The van der Waals surface area contributed by atoms with Crippen LogP contribution in [-0.4, -0.2) is 35.9 Å². The van der Waals surface area contributed by atoms with E-state index >= 15 is 0 Å². The van der Waals surface area contributed by atoms with Crippen molar-refractivity contribution in [3.63, 3.8) is 0 Å². The zero-order chi connectivity index (χ0) is 23.3. The summed E-state index contributed by atoms with van der Waals surface area (Å²) in [7, 11) is 3.80. The van der Waals surface area contributed by atoms with Gasteiger partial charge in [0.15, 0.2) is 16.7 Å². The number of furan rings is 1. The number of aromatic nitrogens is 1. The fourth-order valence-corrected chi connectivity index (χ4v) is 4.85. The predicted octanol–water partition coefficient (Wildman–Crippen LogP) is 4.88. The monoisotopic (exact) mass is 463 g/mol. The lowest BCUT2D eigenvalue weighted by atomic mass is 9.95. The largest absolute Gasteiger partial charge is 0.503 e. The fourth-order valence-electron chi connectivity index (χ4n) is 3.83. The van der Waals surface area contributed by atoms with E-state index in [1.807, 2.05) is 31.1 Å². The van der Waals surface area contributed by atoms with E-state index in [-0.39, 0.29) is 16.5 Å². The summed E-state index contributed by atoms with van der Waals surface area (Å²) < 4.78 is 19.5. The number of fused-ring (bicyclic) bond motifs is 1. The minimum atomic E-state index is -0.934. The highest BCUT2D eigenvalue weighted by Crippen LogP contribution is 2.44. The highest BCUT2D eigenvalue weighted by atomic mass is 32.1. The van der Waals surface area contributed by atoms with Crippen LogP contribution in [0.1, 0.15) is 22.2 Å². The predicted molar refractivity (Wildman–Crippen MR) is 123 cm³/mol. The summed E-state index contributed by atoms with van der Waals surface area (Å²) >= 11 is 1.11. The number of carbonyl (C=O) groups is 2. The molecule has 0 bridgehead atoms. The van der Waals surface area contributed by atoms with Crippen LogP contribution in [-0.2, 0) is 4.79 Å². The second-order valence-electron chi connectivity index (χ2n) is 7.74. The Morgan fingerprint density at radius 2 is 1.94 bits per heavy atom. The van der Waals surface area contributed by atoms with Gasteiger partial charge in [-0.05, 0) is 48.0 Å². The number of carbonyl (C=O) groups excluding carboxylic acids is 2. The Bertz CT molecular complexity index is 1410. The van der Waals surface area contributed by atoms with E-state index in [1.54, 1.807) is 18.2 Å². The molecule has 0 fully saturated rings. The van der Waals surface area contributed by atoms with E-state index in [0.717, 1.165) is 17.0 Å². The number of hydrogen-bond donors (Lipinski definition) is 1. The minimum absolute atomic E-state index is 0.00693. The zero-order valence-electron chi connectivity index (χ0n) is 17.7. The highest BCUT2D eigenvalue weighted by Gasteiger charge is 2.46. The van der Waals surface area contributed by atoms with Crippen molar-refractivity contribution in [3.8, 4) is 0 Å². The Morgan fingerprint density at radius 1 is 1.18 bits per heavy atom. The molecule has 0 radical (unpaired) electrons. The first kappa shape index (κ1) is 20.9. The number of halogens is 1. The normalized spacial score (nSPS) is 16.2. The maximum Gasteiger partial charge on any atom is 0.296 e. The van der Waals surface area contributed by atoms with Crippen LogP contribution in [0, 0.1) is 5.82 Å². The van der Waals surface area contributed by atoms with Crippen molar-refractivity contribution >= 4 is 44.1 Å². The SMILES string of the molecule is CN(C)c1ccc(C2C(C(=O)c3ccco3)=C(O)C(=O)N2c2nc3ccc(F)cc3s2)cc1. The molecule has 9 heteroatoms. The van der Waals surface area contributed by atoms with Gasteiger partial charge in [0.2, 0.25) is 5.78 Å². The topological polar surface area (TPSA) is 86.9 Å². The van der Waals surface area contributed by atoms with Gasteiger partial charge in [0.1, 0.15) is 5.82 Å². The van der Waals surface area contributed by atoms with E-state index in [2.05, 4.69) is 4.98 Å². The molecule has 1 aliphatic heterocycles. The molecule has 0 spiro atoms. The molecule has 33 heavy (non-hydrogen) atoms. The van der Waals surface area contributed by atoms with Crippen LogP contribution in [0.15, 0.2) is 76.6 Å². The molecule has 2 aromatic carbocycles. The lowest BCUT2D eigenvalue weighted by Crippen LogP contribution is -2.31. The Kier molecular flexibility index (Phi) is 4.98. The van der Waals surface area contributed by atoms with E-state index in [4.69, 9.17) is 4.42 Å². The zero-order valence-corrected chi connectivity index (χ0v) is 18.5. The molecular formula is C24H18FN3O4S. The summed E-state index contributed by atoms with van der Waals surface area (Å²) in [4.78, 5) is 34.1. The molecule has 166 valence electrons. The summed E-state index contributed by atoms with van der Waals surface area (Å²) in [5, 5.41) is 11.0. The summed E-state index contributed by atoms with van der Waals surface area (Å²) in [5.41, 5.74) is 1.95. The quantitative estimate of drug-likeness (QED) is 0.425. The number of Topliss-reactive ketones (excluding diaryl/α,β-unsaturated/α-hetero) is 1. The second-order valence-corrected chi connectivity index (χ2v) is 8.75. The third kappa shape index (κ3) is 3.46. The molecule has 4 aromatic rings. The van der Waals surface area contributed by atoms with Crippen LogP contribution in [0.2, 0.25) is 0 Å². The highest BCUT2D eigenvalue weighted by molar-refractivity contribution is 7.22. The lowest BCUT2D eigenvalue weighted by Gasteiger charge is -2.25. The molecular weight excluding hydrogens is 445 g/mol. The van der Waals surface area contributed by atoms with Gasteiger partial charge in [-0.25, -0.2) is 9.37 Å². The Hall–Kier alpha value is -3.98. The standard InChI is InChI=1S/C24H18FN3O4S/c1-27(2)15-8-5-13(6-9-15)20-19(21(29)17-4-3-11-32-17)22(30)23(31)28(20)24-26-16-10-7-14(25)12-18(16)33-24/h3-12,20,30H,1-2H3. The number of aliphatic hydroxyl groups excluding tert-OH is 1. The third-order valence-electron chi connectivity index (χ3n) is 5.47. The minimum Gasteiger partial charge on any atom is -0.503 e. The third-order valence-corrected chi connectivity index (χ3v) is 6.49. The maximum absolute atomic E-state index is 13.7. The molecule has 5 rings (SSSR count). The van der Waals surface area contributed by atoms with Crippen molar-refractivity contribution in [2.24, 2.45) is 0 Å². The van der Waals surface area contributed by atoms with E-state index in [0.29, 0.717) is 15.8 Å². The van der Waals surface area contributed by atoms with Crippen LogP contribution in [0.5, 0.6) is 0 Å². The molecule has 0 saturated heterocycles. The number of thiazole rings is 1. The maximum atomic E-state index is 13.7. The lowest BCUT2D eigenvalue weighted by molar-refractivity contribution is -0.117. The molecule has 3 heterocycles. The number of hydrogen-bond acceptors (Lipinski definition) is 7. The van der Waals surface area contributed by atoms with E-state index in [9.17, 15) is 19.1 Å². The van der Waals surface area contributed by atoms with Crippen molar-refractivity contribution in [1.29, 1.82) is 0 Å². The van der Waals surface area contributed by atoms with Crippen molar-refractivity contribution in [2.75, 3.05) is 23.9 Å². The van der Waals surface area contributed by atoms with Crippen molar-refractivity contribution in [1.82, 2.24) is 4.98 Å². The van der Waals surface area contributed by atoms with Crippen molar-refractivity contribution < 1.29 is 23.5 Å². The van der Waals surface area contributed by atoms with E-state index in [1.165, 1.54) is 35.4 Å². The van der Waals surface area contributed by atoms with Gasteiger partial charge >= 0.3 is 0 Å². The molecule has 7 nitrogen and oxygen atoms in total. The molecule has 1 aliphatic rings. The van der Waals surface area contributed by atoms with Crippen LogP contribution in [0.4, 0.5) is 15.2 Å². The van der Waals surface area contributed by atoms with Gasteiger partial charge in [-0.3, -0.25) is 14.5 Å². The molecule has 0 aliphatic carbocycles. The van der Waals surface area contributed by atoms with Gasteiger partial charge in [-0.15, -0.1) is 0 Å². The summed E-state index contributed by atoms with van der Waals surface area (Å²) in [6.45, 7) is 0. The molecule has 1 atom stereocenters. The molecule has 1 N–H and O–H groups in total. The van der Waals surface area contributed by atoms with Gasteiger partial charge in [-0.1, -0.05) is 23.5 Å². The Balaban J connectivity index is 1.67. The van der Waals surface area contributed by atoms with Crippen LogP contribution in [0.3, 0.4) is 0 Å². The van der Waals surface area contributed by atoms with E-state index < -0.39 is 29.3 Å². The van der Waals surface area contributed by atoms with Gasteiger partial charge < -0.3 is 14.4 Å². The fraction of sp³-hybridized carbons (Fsp3) is 0.125. The first-order valence-corrected chi connectivity index (χ1v) is 10.8. The number of nitrogens with zero attached hydrogens (tertiary/aromatic N) is 3. The van der Waals surface area contributed by atoms with Crippen molar-refractivity contribution in [3.05, 3.63) is 89.3 Å². The summed E-state index contributed by atoms with van der Waals surface area (Å²) in [6, 6.07) is 13.5. The number of rotatable bonds is 5. The summed E-state index contributed by atoms with van der Waals surface area (Å²) in [5.74, 6) is -2.43. The first-order valence-electron chi connectivity index (χ1n) is 10.0.